The van der Waals surface area contributed by atoms with Crippen molar-refractivity contribution in [2.45, 2.75) is 25.9 Å². The van der Waals surface area contributed by atoms with Crippen molar-refractivity contribution in [3.05, 3.63) is 29.8 Å². The zero-order valence-electron chi connectivity index (χ0n) is 9.93. The summed E-state index contributed by atoms with van der Waals surface area (Å²) in [4.78, 5) is 24.9. The third kappa shape index (κ3) is 1.65. The van der Waals surface area contributed by atoms with Gasteiger partial charge in [0.15, 0.2) is 5.60 Å². The molecule has 0 saturated carbocycles. The van der Waals surface area contributed by atoms with E-state index in [-0.39, 0.29) is 12.2 Å². The van der Waals surface area contributed by atoms with E-state index in [1.807, 2.05) is 13.0 Å². The highest BCUT2D eigenvalue weighted by Gasteiger charge is 2.49. The summed E-state index contributed by atoms with van der Waals surface area (Å²) < 4.78 is 0. The van der Waals surface area contributed by atoms with E-state index in [0.717, 1.165) is 0 Å². The van der Waals surface area contributed by atoms with Crippen molar-refractivity contribution in [3.8, 4) is 0 Å². The molecule has 17 heavy (non-hydrogen) atoms. The molecular formula is C13H15NO3. The minimum Gasteiger partial charge on any atom is -0.375 e. The van der Waals surface area contributed by atoms with Gasteiger partial charge >= 0.3 is 0 Å². The Kier molecular flexibility index (Phi) is 2.75. The Morgan fingerprint density at radius 1 is 1.41 bits per heavy atom. The van der Waals surface area contributed by atoms with Gasteiger partial charge in [-0.2, -0.15) is 0 Å². The van der Waals surface area contributed by atoms with Gasteiger partial charge < -0.3 is 10.0 Å². The number of ketones is 1. The fourth-order valence-corrected chi connectivity index (χ4v) is 2.35. The monoisotopic (exact) mass is 233 g/mol. The van der Waals surface area contributed by atoms with Crippen molar-refractivity contribution in [1.82, 2.24) is 0 Å². The molecule has 1 heterocycles. The van der Waals surface area contributed by atoms with E-state index in [4.69, 9.17) is 0 Å². The predicted molar refractivity (Wildman–Crippen MR) is 63.7 cm³/mol. The van der Waals surface area contributed by atoms with Crippen LogP contribution in [0.5, 0.6) is 0 Å². The van der Waals surface area contributed by atoms with Crippen LogP contribution in [0.1, 0.15) is 25.8 Å². The highest BCUT2D eigenvalue weighted by atomic mass is 16.3. The minimum atomic E-state index is -1.68. The molecule has 1 aromatic rings. The molecule has 1 aliphatic rings. The van der Waals surface area contributed by atoms with Crippen molar-refractivity contribution in [2.24, 2.45) is 0 Å². The second-order valence-corrected chi connectivity index (χ2v) is 4.31. The number of fused-ring (bicyclic) bond motifs is 1. The van der Waals surface area contributed by atoms with Crippen molar-refractivity contribution >= 4 is 17.4 Å². The Labute approximate surface area is 99.9 Å². The first-order chi connectivity index (χ1) is 8.00. The van der Waals surface area contributed by atoms with Gasteiger partial charge in [-0.05, 0) is 19.9 Å². The quantitative estimate of drug-likeness (QED) is 0.854. The smallest absolute Gasteiger partial charge is 0.264 e. The molecule has 0 fully saturated rings. The number of carbonyl (C=O) groups excluding carboxylic acids is 2. The standard InChI is InChI=1S/C13H15NO3/c1-3-14-11-7-5-4-6-10(11)13(17,12(14)16)8-9(2)15/h4-7,17H,3,8H2,1-2H3/t13-/m0/s1. The first-order valence-electron chi connectivity index (χ1n) is 5.64. The lowest BCUT2D eigenvalue weighted by Crippen LogP contribution is -2.41. The summed E-state index contributed by atoms with van der Waals surface area (Å²) in [5, 5.41) is 10.5. The average molecular weight is 233 g/mol. The van der Waals surface area contributed by atoms with Crippen LogP contribution in [0.15, 0.2) is 24.3 Å². The number of nitrogens with zero attached hydrogens (tertiary/aromatic N) is 1. The van der Waals surface area contributed by atoms with E-state index in [9.17, 15) is 14.7 Å². The van der Waals surface area contributed by atoms with E-state index >= 15 is 0 Å². The van der Waals surface area contributed by atoms with Crippen molar-refractivity contribution < 1.29 is 14.7 Å². The lowest BCUT2D eigenvalue weighted by atomic mass is 9.90. The Morgan fingerprint density at radius 2 is 2.06 bits per heavy atom. The van der Waals surface area contributed by atoms with E-state index in [1.165, 1.54) is 11.8 Å². The molecule has 0 unspecified atom stereocenters. The Bertz CT molecular complexity index is 483. The zero-order chi connectivity index (χ0) is 12.6. The molecule has 4 nitrogen and oxygen atoms in total. The number of rotatable bonds is 3. The van der Waals surface area contributed by atoms with Crippen LogP contribution in [0.3, 0.4) is 0 Å². The number of amides is 1. The highest BCUT2D eigenvalue weighted by molar-refractivity contribution is 6.08. The van der Waals surface area contributed by atoms with Gasteiger partial charge in [0.1, 0.15) is 5.78 Å². The van der Waals surface area contributed by atoms with Gasteiger partial charge in [-0.3, -0.25) is 9.59 Å². The van der Waals surface area contributed by atoms with Crippen molar-refractivity contribution in [1.29, 1.82) is 0 Å². The first-order valence-corrected chi connectivity index (χ1v) is 5.64. The summed E-state index contributed by atoms with van der Waals surface area (Å²) in [6, 6.07) is 7.06. The SMILES string of the molecule is CCN1C(=O)[C@](O)(CC(C)=O)c2ccccc21. The molecule has 90 valence electrons. The molecule has 0 aliphatic carbocycles. The maximum atomic E-state index is 12.2. The van der Waals surface area contributed by atoms with Crippen LogP contribution >= 0.6 is 0 Å². The zero-order valence-corrected chi connectivity index (χ0v) is 9.93. The van der Waals surface area contributed by atoms with Crippen molar-refractivity contribution in [2.75, 3.05) is 11.4 Å². The number of aliphatic hydroxyl groups is 1. The van der Waals surface area contributed by atoms with Crippen LogP contribution in [0.25, 0.3) is 0 Å². The van der Waals surface area contributed by atoms with Gasteiger partial charge in [0.2, 0.25) is 0 Å². The van der Waals surface area contributed by atoms with Gasteiger partial charge in [-0.1, -0.05) is 18.2 Å². The summed E-state index contributed by atoms with van der Waals surface area (Å²) >= 11 is 0. The average Bonchev–Trinajstić information content (AvgIpc) is 2.48. The summed E-state index contributed by atoms with van der Waals surface area (Å²) in [7, 11) is 0. The number of hydrogen-bond acceptors (Lipinski definition) is 3. The van der Waals surface area contributed by atoms with Crippen LogP contribution in [0.4, 0.5) is 5.69 Å². The highest BCUT2D eigenvalue weighted by Crippen LogP contribution is 2.41. The van der Waals surface area contributed by atoms with Gasteiger partial charge in [-0.15, -0.1) is 0 Å². The molecule has 0 saturated heterocycles. The predicted octanol–water partition coefficient (Wildman–Crippen LogP) is 1.22. The van der Waals surface area contributed by atoms with Crippen LogP contribution in [0, 0.1) is 0 Å². The fraction of sp³-hybridized carbons (Fsp3) is 0.385. The lowest BCUT2D eigenvalue weighted by Gasteiger charge is -2.21. The molecule has 4 heteroatoms. The Balaban J connectivity index is 2.55. The molecule has 1 aliphatic heterocycles. The third-order valence-corrected chi connectivity index (χ3v) is 3.06. The topological polar surface area (TPSA) is 57.6 Å². The number of benzene rings is 1. The summed E-state index contributed by atoms with van der Waals surface area (Å²) in [5.74, 6) is -0.606. The Morgan fingerprint density at radius 3 is 2.65 bits per heavy atom. The van der Waals surface area contributed by atoms with E-state index in [0.29, 0.717) is 17.8 Å². The maximum Gasteiger partial charge on any atom is 0.264 e. The summed E-state index contributed by atoms with van der Waals surface area (Å²) in [5.41, 5.74) is -0.455. The number of hydrogen-bond donors (Lipinski definition) is 1. The van der Waals surface area contributed by atoms with E-state index in [1.54, 1.807) is 18.2 Å². The normalized spacial score (nSPS) is 22.8. The van der Waals surface area contributed by atoms with E-state index < -0.39 is 11.5 Å². The Hall–Kier alpha value is -1.68. The van der Waals surface area contributed by atoms with Crippen LogP contribution in [0.2, 0.25) is 0 Å². The van der Waals surface area contributed by atoms with E-state index in [2.05, 4.69) is 0 Å². The minimum absolute atomic E-state index is 0.167. The van der Waals surface area contributed by atoms with Gasteiger partial charge in [-0.25, -0.2) is 0 Å². The number of para-hydroxylation sites is 1. The summed E-state index contributed by atoms with van der Waals surface area (Å²) in [6.45, 7) is 3.70. The van der Waals surface area contributed by atoms with Crippen LogP contribution in [-0.2, 0) is 15.2 Å². The van der Waals surface area contributed by atoms with Crippen LogP contribution < -0.4 is 4.90 Å². The molecule has 1 atom stereocenters. The molecule has 1 N–H and O–H groups in total. The molecule has 2 rings (SSSR count). The number of Topliss-reactive ketones (excluding diaryl/α,β-unsaturated/α-hetero) is 1. The number of anilines is 1. The number of likely N-dealkylation sites (N-methyl/N-ethyl adjacent to an activating group) is 1. The number of carbonyl (C=O) groups is 2. The molecule has 0 spiro atoms. The molecular weight excluding hydrogens is 218 g/mol. The first kappa shape index (κ1) is 11.8. The molecule has 1 aromatic carbocycles. The molecule has 0 bridgehead atoms. The fourth-order valence-electron chi connectivity index (χ4n) is 2.35. The maximum absolute atomic E-state index is 12.2. The largest absolute Gasteiger partial charge is 0.375 e. The second kappa shape index (κ2) is 3.96. The van der Waals surface area contributed by atoms with Crippen LogP contribution in [-0.4, -0.2) is 23.3 Å². The summed E-state index contributed by atoms with van der Waals surface area (Å²) in [6.07, 6.45) is -0.167. The molecule has 0 aromatic heterocycles. The van der Waals surface area contributed by atoms with Crippen molar-refractivity contribution in [3.63, 3.8) is 0 Å². The lowest BCUT2D eigenvalue weighted by molar-refractivity contribution is -0.141. The van der Waals surface area contributed by atoms with Gasteiger partial charge in [0.25, 0.3) is 5.91 Å². The third-order valence-electron chi connectivity index (χ3n) is 3.06. The second-order valence-electron chi connectivity index (χ2n) is 4.31. The van der Waals surface area contributed by atoms with Gasteiger partial charge in [0, 0.05) is 18.5 Å². The molecule has 0 radical (unpaired) electrons. The molecule has 1 amide bonds. The van der Waals surface area contributed by atoms with Gasteiger partial charge in [0.05, 0.1) is 5.69 Å².